The second kappa shape index (κ2) is 4.08. The van der Waals surface area contributed by atoms with Crippen molar-refractivity contribution in [2.75, 3.05) is 0 Å². The number of alkyl halides is 1. The van der Waals surface area contributed by atoms with Gasteiger partial charge in [0.1, 0.15) is 0 Å². The monoisotopic (exact) mass is 228 g/mol. The summed E-state index contributed by atoms with van der Waals surface area (Å²) in [5.74, 6) is 1.18. The van der Waals surface area contributed by atoms with Crippen molar-refractivity contribution >= 4 is 11.6 Å². The molecule has 1 aliphatic rings. The Balaban J connectivity index is 2.28. The summed E-state index contributed by atoms with van der Waals surface area (Å²) in [7, 11) is 0. The van der Waals surface area contributed by atoms with E-state index in [2.05, 4.69) is 29.4 Å². The van der Waals surface area contributed by atoms with Gasteiger partial charge in [0.2, 0.25) is 0 Å². The molecule has 0 saturated heterocycles. The molecule has 1 heterocycles. The third-order valence-electron chi connectivity index (χ3n) is 3.43. The molecule has 0 N–H and O–H groups in total. The summed E-state index contributed by atoms with van der Waals surface area (Å²) in [6.45, 7) is 4.58. The van der Waals surface area contributed by atoms with E-state index in [9.17, 15) is 0 Å². The van der Waals surface area contributed by atoms with Crippen molar-refractivity contribution in [3.05, 3.63) is 5.82 Å². The van der Waals surface area contributed by atoms with Crippen molar-refractivity contribution in [3.8, 4) is 0 Å². The van der Waals surface area contributed by atoms with E-state index in [0.29, 0.717) is 11.9 Å². The van der Waals surface area contributed by atoms with Crippen LogP contribution >= 0.6 is 11.6 Å². The van der Waals surface area contributed by atoms with Gasteiger partial charge in [-0.3, -0.25) is 0 Å². The molecule has 0 radical (unpaired) electrons. The molecule has 15 heavy (non-hydrogen) atoms. The van der Waals surface area contributed by atoms with E-state index >= 15 is 0 Å². The number of halogens is 1. The number of rotatable bonds is 2. The van der Waals surface area contributed by atoms with E-state index in [4.69, 9.17) is 11.6 Å². The van der Waals surface area contributed by atoms with Crippen molar-refractivity contribution in [1.29, 1.82) is 0 Å². The minimum Gasteiger partial charge on any atom is -0.225 e. The molecule has 1 aliphatic carbocycles. The number of hydrogen-bond donors (Lipinski definition) is 0. The summed E-state index contributed by atoms with van der Waals surface area (Å²) in [6, 6.07) is 0.398. The molecule has 2 rings (SSSR count). The highest BCUT2D eigenvalue weighted by Crippen LogP contribution is 2.43. The summed E-state index contributed by atoms with van der Waals surface area (Å²) >= 11 is 5.82. The lowest BCUT2D eigenvalue weighted by Gasteiger charge is -2.38. The van der Waals surface area contributed by atoms with Gasteiger partial charge in [0.15, 0.2) is 5.82 Å². The fourth-order valence-corrected chi connectivity index (χ4v) is 2.65. The van der Waals surface area contributed by atoms with Crippen LogP contribution < -0.4 is 0 Å². The van der Waals surface area contributed by atoms with E-state index in [1.807, 2.05) is 4.68 Å². The Morgan fingerprint density at radius 3 is 2.93 bits per heavy atom. The van der Waals surface area contributed by atoms with Gasteiger partial charge in [-0.2, -0.15) is 0 Å². The van der Waals surface area contributed by atoms with Crippen molar-refractivity contribution in [1.82, 2.24) is 20.2 Å². The average Bonchev–Trinajstić information content (AvgIpc) is 2.64. The van der Waals surface area contributed by atoms with Gasteiger partial charge >= 0.3 is 0 Å². The minimum absolute atomic E-state index is 0.272. The Bertz CT molecular complexity index is 334. The van der Waals surface area contributed by atoms with Gasteiger partial charge in [-0.25, -0.2) is 4.68 Å². The van der Waals surface area contributed by atoms with E-state index in [1.165, 1.54) is 19.3 Å². The highest BCUT2D eigenvalue weighted by Gasteiger charge is 2.35. The van der Waals surface area contributed by atoms with Crippen LogP contribution in [0.4, 0.5) is 0 Å². The minimum atomic E-state index is 0.272. The van der Waals surface area contributed by atoms with Gasteiger partial charge in [-0.1, -0.05) is 26.7 Å². The molecular weight excluding hydrogens is 212 g/mol. The number of nitrogens with zero attached hydrogens (tertiary/aromatic N) is 4. The Morgan fingerprint density at radius 1 is 1.47 bits per heavy atom. The molecule has 84 valence electrons. The zero-order chi connectivity index (χ0) is 10.9. The van der Waals surface area contributed by atoms with Gasteiger partial charge < -0.3 is 0 Å². The molecular formula is C10H17ClN4. The maximum absolute atomic E-state index is 5.82. The van der Waals surface area contributed by atoms with E-state index < -0.39 is 0 Å². The Labute approximate surface area is 95.0 Å². The number of aromatic nitrogens is 4. The molecule has 1 fully saturated rings. The van der Waals surface area contributed by atoms with E-state index in [0.717, 1.165) is 12.2 Å². The van der Waals surface area contributed by atoms with Crippen LogP contribution in [0.15, 0.2) is 0 Å². The van der Waals surface area contributed by atoms with Crippen LogP contribution in [0, 0.1) is 5.41 Å². The average molecular weight is 229 g/mol. The van der Waals surface area contributed by atoms with Gasteiger partial charge in [0, 0.05) is 0 Å². The lowest BCUT2D eigenvalue weighted by Crippen LogP contribution is -2.32. The standard InChI is InChI=1S/C10H17ClN4/c1-10(2)6-4-3-5-8(10)15-9(7-11)12-13-14-15/h8H,3-7H2,1-2H3. The molecule has 5 heteroatoms. The Morgan fingerprint density at radius 2 is 2.27 bits per heavy atom. The highest BCUT2D eigenvalue weighted by atomic mass is 35.5. The molecule has 0 bridgehead atoms. The van der Waals surface area contributed by atoms with Crippen LogP contribution in [0.2, 0.25) is 0 Å². The SMILES string of the molecule is CC1(C)CCCCC1n1nnnc1CCl. The second-order valence-electron chi connectivity index (χ2n) is 4.92. The first-order valence-corrected chi connectivity index (χ1v) is 6.01. The fraction of sp³-hybridized carbons (Fsp3) is 0.900. The van der Waals surface area contributed by atoms with Gasteiger partial charge in [0.25, 0.3) is 0 Å². The predicted molar refractivity (Wildman–Crippen MR) is 58.7 cm³/mol. The normalized spacial score (nSPS) is 25.4. The lowest BCUT2D eigenvalue weighted by molar-refractivity contribution is 0.129. The highest BCUT2D eigenvalue weighted by molar-refractivity contribution is 6.16. The molecule has 0 aliphatic heterocycles. The molecule has 0 aromatic carbocycles. The Hall–Kier alpha value is -0.640. The molecule has 1 unspecified atom stereocenters. The van der Waals surface area contributed by atoms with Crippen molar-refractivity contribution in [2.45, 2.75) is 51.5 Å². The van der Waals surface area contributed by atoms with Gasteiger partial charge in [-0.05, 0) is 28.7 Å². The molecule has 1 atom stereocenters. The van der Waals surface area contributed by atoms with Gasteiger partial charge in [0.05, 0.1) is 11.9 Å². The molecule has 1 aromatic rings. The van der Waals surface area contributed by atoms with E-state index in [-0.39, 0.29) is 5.41 Å². The first-order valence-electron chi connectivity index (χ1n) is 5.48. The molecule has 0 amide bonds. The van der Waals surface area contributed by atoms with Crippen molar-refractivity contribution in [3.63, 3.8) is 0 Å². The predicted octanol–water partition coefficient (Wildman–Crippen LogP) is 2.55. The summed E-state index contributed by atoms with van der Waals surface area (Å²) in [6.07, 6.45) is 4.96. The first kappa shape index (κ1) is 10.9. The Kier molecular flexibility index (Phi) is 2.96. The summed E-state index contributed by atoms with van der Waals surface area (Å²) in [5, 5.41) is 11.7. The summed E-state index contributed by atoms with van der Waals surface area (Å²) in [4.78, 5) is 0. The summed E-state index contributed by atoms with van der Waals surface area (Å²) in [5.41, 5.74) is 0.272. The maximum atomic E-state index is 5.82. The smallest absolute Gasteiger partial charge is 0.166 e. The largest absolute Gasteiger partial charge is 0.225 e. The molecule has 1 aromatic heterocycles. The fourth-order valence-electron chi connectivity index (χ4n) is 2.47. The van der Waals surface area contributed by atoms with Crippen LogP contribution in [-0.4, -0.2) is 20.2 Å². The number of tetrazole rings is 1. The van der Waals surface area contributed by atoms with Crippen LogP contribution in [0.25, 0.3) is 0 Å². The quantitative estimate of drug-likeness (QED) is 0.731. The van der Waals surface area contributed by atoms with Crippen LogP contribution in [-0.2, 0) is 5.88 Å². The maximum Gasteiger partial charge on any atom is 0.166 e. The van der Waals surface area contributed by atoms with Crippen molar-refractivity contribution in [2.24, 2.45) is 5.41 Å². The summed E-state index contributed by atoms with van der Waals surface area (Å²) < 4.78 is 1.92. The van der Waals surface area contributed by atoms with E-state index in [1.54, 1.807) is 0 Å². The number of hydrogen-bond acceptors (Lipinski definition) is 3. The topological polar surface area (TPSA) is 43.6 Å². The molecule has 0 spiro atoms. The van der Waals surface area contributed by atoms with Crippen LogP contribution in [0.1, 0.15) is 51.4 Å². The van der Waals surface area contributed by atoms with Crippen molar-refractivity contribution < 1.29 is 0 Å². The lowest BCUT2D eigenvalue weighted by atomic mass is 9.73. The van der Waals surface area contributed by atoms with Crippen LogP contribution in [0.3, 0.4) is 0 Å². The zero-order valence-corrected chi connectivity index (χ0v) is 10.0. The zero-order valence-electron chi connectivity index (χ0n) is 9.28. The molecule has 1 saturated carbocycles. The third kappa shape index (κ3) is 2.00. The first-order chi connectivity index (χ1) is 7.15. The van der Waals surface area contributed by atoms with Crippen LogP contribution in [0.5, 0.6) is 0 Å². The second-order valence-corrected chi connectivity index (χ2v) is 5.19. The molecule has 4 nitrogen and oxygen atoms in total. The third-order valence-corrected chi connectivity index (χ3v) is 3.67. The van der Waals surface area contributed by atoms with Gasteiger partial charge in [-0.15, -0.1) is 16.7 Å².